The molecule has 0 unspecified atom stereocenters. The van der Waals surface area contributed by atoms with Gasteiger partial charge in [-0.05, 0) is 42.3 Å². The number of ether oxygens (including phenoxy) is 2. The molecule has 188 valence electrons. The highest BCUT2D eigenvalue weighted by Gasteiger charge is 2.18. The Kier molecular flexibility index (Phi) is 7.06. The number of nitrogens with zero attached hydrogens (tertiary/aromatic N) is 1. The lowest BCUT2D eigenvalue weighted by Gasteiger charge is -2.17. The number of methoxy groups -OCH3 is 1. The van der Waals surface area contributed by atoms with Crippen LogP contribution in [0.15, 0.2) is 71.5 Å². The summed E-state index contributed by atoms with van der Waals surface area (Å²) in [5.41, 5.74) is 14.5. The number of esters is 1. The van der Waals surface area contributed by atoms with Crippen molar-refractivity contribution < 1.29 is 14.3 Å². The van der Waals surface area contributed by atoms with E-state index in [0.717, 1.165) is 10.9 Å². The van der Waals surface area contributed by atoms with Crippen LogP contribution in [0.5, 0.6) is 11.5 Å². The molecular formula is C28H27N5O4. The van der Waals surface area contributed by atoms with E-state index >= 15 is 0 Å². The number of hydrogen-bond acceptors (Lipinski definition) is 6. The number of aromatic nitrogens is 1. The summed E-state index contributed by atoms with van der Waals surface area (Å²) in [6.07, 6.45) is -0.142. The van der Waals surface area contributed by atoms with Gasteiger partial charge in [-0.25, -0.2) is 0 Å². The molecule has 0 amide bonds. The molecule has 3 aromatic carbocycles. The van der Waals surface area contributed by atoms with E-state index in [0.29, 0.717) is 39.3 Å². The van der Waals surface area contributed by atoms with Crippen molar-refractivity contribution >= 4 is 28.5 Å². The predicted octanol–water partition coefficient (Wildman–Crippen LogP) is 3.43. The van der Waals surface area contributed by atoms with Crippen LogP contribution in [0.2, 0.25) is 0 Å². The first kappa shape index (κ1) is 25.2. The Hall–Kier alpha value is -4.92. The molecule has 6 N–H and O–H groups in total. The van der Waals surface area contributed by atoms with Gasteiger partial charge in [-0.2, -0.15) is 0 Å². The summed E-state index contributed by atoms with van der Waals surface area (Å²) < 4.78 is 12.5. The van der Waals surface area contributed by atoms with Gasteiger partial charge in [0.25, 0.3) is 5.56 Å². The zero-order chi connectivity index (χ0) is 26.7. The number of benzene rings is 3. The first-order valence-electron chi connectivity index (χ1n) is 11.5. The van der Waals surface area contributed by atoms with Crippen LogP contribution in [-0.2, 0) is 22.5 Å². The van der Waals surface area contributed by atoms with E-state index in [-0.39, 0.29) is 30.2 Å². The molecule has 0 aliphatic heterocycles. The van der Waals surface area contributed by atoms with Crippen molar-refractivity contribution in [1.82, 2.24) is 4.57 Å². The predicted molar refractivity (Wildman–Crippen MR) is 143 cm³/mol. The van der Waals surface area contributed by atoms with Crippen molar-refractivity contribution in [3.05, 3.63) is 105 Å². The molecule has 0 atom stereocenters. The lowest BCUT2D eigenvalue weighted by Crippen LogP contribution is -2.28. The number of carbonyl (C=O) groups is 1. The van der Waals surface area contributed by atoms with Crippen molar-refractivity contribution in [2.75, 3.05) is 7.11 Å². The summed E-state index contributed by atoms with van der Waals surface area (Å²) in [5.74, 6) is 0.387. The Morgan fingerprint density at radius 3 is 2.24 bits per heavy atom. The number of nitrogens with one attached hydrogen (secondary N) is 2. The number of fused-ring (bicyclic) bond motifs is 1. The van der Waals surface area contributed by atoms with Crippen molar-refractivity contribution in [3.63, 3.8) is 0 Å². The van der Waals surface area contributed by atoms with Gasteiger partial charge < -0.3 is 25.5 Å². The number of rotatable bonds is 8. The van der Waals surface area contributed by atoms with Crippen molar-refractivity contribution in [1.29, 1.82) is 10.8 Å². The quantitative estimate of drug-likeness (QED) is 0.166. The SMILES string of the molecule is COC(=O)Cc1c(C)c2ccc(Oc3cccc(C(=N)N)c3)cc2n(Cc2ccc(C(=N)N)cc2)c1=O. The van der Waals surface area contributed by atoms with E-state index in [2.05, 4.69) is 0 Å². The lowest BCUT2D eigenvalue weighted by molar-refractivity contribution is -0.139. The minimum atomic E-state index is -0.498. The van der Waals surface area contributed by atoms with E-state index in [9.17, 15) is 9.59 Å². The largest absolute Gasteiger partial charge is 0.469 e. The second-order valence-electron chi connectivity index (χ2n) is 8.58. The van der Waals surface area contributed by atoms with Crippen molar-refractivity contribution in [2.45, 2.75) is 19.9 Å². The normalized spacial score (nSPS) is 10.8. The smallest absolute Gasteiger partial charge is 0.310 e. The third-order valence-corrected chi connectivity index (χ3v) is 6.16. The second kappa shape index (κ2) is 10.4. The fourth-order valence-electron chi connectivity index (χ4n) is 4.13. The van der Waals surface area contributed by atoms with E-state index in [1.165, 1.54) is 7.11 Å². The Labute approximate surface area is 213 Å². The first-order valence-corrected chi connectivity index (χ1v) is 11.5. The summed E-state index contributed by atoms with van der Waals surface area (Å²) in [4.78, 5) is 25.7. The third-order valence-electron chi connectivity index (χ3n) is 6.16. The van der Waals surface area contributed by atoms with Crippen LogP contribution >= 0.6 is 0 Å². The van der Waals surface area contributed by atoms with Crippen LogP contribution in [0.1, 0.15) is 27.8 Å². The molecule has 0 fully saturated rings. The summed E-state index contributed by atoms with van der Waals surface area (Å²) in [5, 5.41) is 16.1. The molecule has 0 bridgehead atoms. The fourth-order valence-corrected chi connectivity index (χ4v) is 4.13. The van der Waals surface area contributed by atoms with E-state index in [1.807, 2.05) is 25.1 Å². The average molecular weight is 498 g/mol. The number of amidine groups is 2. The molecule has 0 aliphatic carbocycles. The lowest BCUT2D eigenvalue weighted by atomic mass is 10.0. The van der Waals surface area contributed by atoms with Crippen LogP contribution in [0, 0.1) is 17.7 Å². The molecule has 9 nitrogen and oxygen atoms in total. The molecule has 37 heavy (non-hydrogen) atoms. The van der Waals surface area contributed by atoms with Gasteiger partial charge in [0.2, 0.25) is 0 Å². The third kappa shape index (κ3) is 5.35. The van der Waals surface area contributed by atoms with Gasteiger partial charge in [-0.3, -0.25) is 20.4 Å². The highest BCUT2D eigenvalue weighted by Crippen LogP contribution is 2.29. The standard InChI is InChI=1S/C28H27N5O4/c1-16-22-11-10-21(37-20-5-3-4-19(12-20)27(31)32)13-24(22)33(28(35)23(16)14-25(34)36-2)15-17-6-8-18(9-7-17)26(29)30/h3-13H,14-15H2,1-2H3,(H3,29,30)(H3,31,32). The Balaban J connectivity index is 1.84. The molecule has 0 saturated heterocycles. The molecule has 1 heterocycles. The fraction of sp³-hybridized carbons (Fsp3) is 0.143. The van der Waals surface area contributed by atoms with E-state index in [4.69, 9.17) is 31.8 Å². The molecule has 0 spiro atoms. The van der Waals surface area contributed by atoms with Crippen LogP contribution in [0.3, 0.4) is 0 Å². The number of nitrogen functional groups attached to an aromatic ring is 2. The van der Waals surface area contributed by atoms with Gasteiger partial charge in [-0.1, -0.05) is 36.4 Å². The van der Waals surface area contributed by atoms with Crippen molar-refractivity contribution in [2.24, 2.45) is 11.5 Å². The van der Waals surface area contributed by atoms with Gasteiger partial charge in [0.15, 0.2) is 0 Å². The summed E-state index contributed by atoms with van der Waals surface area (Å²) in [6, 6.07) is 19.4. The molecule has 4 aromatic rings. The van der Waals surface area contributed by atoms with Gasteiger partial charge >= 0.3 is 5.97 Å². The second-order valence-corrected chi connectivity index (χ2v) is 8.58. The van der Waals surface area contributed by atoms with Crippen LogP contribution in [0.25, 0.3) is 10.9 Å². The van der Waals surface area contributed by atoms with Crippen LogP contribution in [0.4, 0.5) is 0 Å². The molecule has 0 aliphatic rings. The Morgan fingerprint density at radius 2 is 1.59 bits per heavy atom. The van der Waals surface area contributed by atoms with Crippen LogP contribution < -0.4 is 21.8 Å². The number of carbonyl (C=O) groups excluding carboxylic acids is 1. The minimum Gasteiger partial charge on any atom is -0.469 e. The maximum absolute atomic E-state index is 13.6. The molecule has 1 aromatic heterocycles. The Bertz CT molecular complexity index is 1590. The average Bonchev–Trinajstić information content (AvgIpc) is 2.89. The maximum Gasteiger partial charge on any atom is 0.310 e. The maximum atomic E-state index is 13.6. The zero-order valence-corrected chi connectivity index (χ0v) is 20.5. The minimum absolute atomic E-state index is 0.0412. The van der Waals surface area contributed by atoms with Crippen molar-refractivity contribution in [3.8, 4) is 11.5 Å². The topological polar surface area (TPSA) is 157 Å². The van der Waals surface area contributed by atoms with Gasteiger partial charge in [-0.15, -0.1) is 0 Å². The van der Waals surface area contributed by atoms with Gasteiger partial charge in [0.05, 0.1) is 25.6 Å². The monoisotopic (exact) mass is 497 g/mol. The number of hydrogen-bond donors (Lipinski definition) is 4. The van der Waals surface area contributed by atoms with E-state index in [1.54, 1.807) is 53.1 Å². The highest BCUT2D eigenvalue weighted by molar-refractivity contribution is 5.95. The number of aryl methyl sites for hydroxylation is 1. The first-order chi connectivity index (χ1) is 17.7. The number of nitrogens with two attached hydrogens (primary N) is 2. The van der Waals surface area contributed by atoms with Crippen LogP contribution in [-0.4, -0.2) is 29.3 Å². The molecule has 9 heteroatoms. The zero-order valence-electron chi connectivity index (χ0n) is 20.5. The molecule has 0 saturated carbocycles. The Morgan fingerprint density at radius 1 is 0.919 bits per heavy atom. The van der Waals surface area contributed by atoms with E-state index < -0.39 is 5.97 Å². The molecule has 4 rings (SSSR count). The molecule has 0 radical (unpaired) electrons. The summed E-state index contributed by atoms with van der Waals surface area (Å²) in [6.45, 7) is 2.04. The highest BCUT2D eigenvalue weighted by atomic mass is 16.5. The summed E-state index contributed by atoms with van der Waals surface area (Å²) in [7, 11) is 1.29. The summed E-state index contributed by atoms with van der Waals surface area (Å²) >= 11 is 0. The van der Waals surface area contributed by atoms with Gasteiger partial charge in [0.1, 0.15) is 23.2 Å². The molecular weight excluding hydrogens is 470 g/mol. The van der Waals surface area contributed by atoms with Gasteiger partial charge in [0, 0.05) is 28.1 Å². The number of pyridine rings is 1.